The summed E-state index contributed by atoms with van der Waals surface area (Å²) in [5.41, 5.74) is 7.84. The molecular weight excluding hydrogens is 500 g/mol. The Bertz CT molecular complexity index is 1180. The fourth-order valence-corrected chi connectivity index (χ4v) is 4.74. The van der Waals surface area contributed by atoms with Crippen LogP contribution in [0.15, 0.2) is 48.6 Å². The molecule has 2 aromatic rings. The molecule has 5 nitrogen and oxygen atoms in total. The van der Waals surface area contributed by atoms with Crippen molar-refractivity contribution >= 4 is 11.8 Å². The molecule has 0 N–H and O–H groups in total. The number of aryl methyl sites for hydroxylation is 4. The number of Topliss-reactive ketones (excluding diaryl/α,β-unsaturated/α-hetero) is 1. The number of benzene rings is 2. The summed E-state index contributed by atoms with van der Waals surface area (Å²) in [5, 5.41) is 0. The van der Waals surface area contributed by atoms with Crippen molar-refractivity contribution in [3.63, 3.8) is 0 Å². The summed E-state index contributed by atoms with van der Waals surface area (Å²) in [6, 6.07) is 8.75. The van der Waals surface area contributed by atoms with E-state index in [0.717, 1.165) is 53.0 Å². The fourth-order valence-electron chi connectivity index (χ4n) is 4.74. The van der Waals surface area contributed by atoms with Gasteiger partial charge in [-0.3, -0.25) is 4.79 Å². The summed E-state index contributed by atoms with van der Waals surface area (Å²) in [6.07, 6.45) is 3.02. The van der Waals surface area contributed by atoms with E-state index < -0.39 is 0 Å². The van der Waals surface area contributed by atoms with Crippen molar-refractivity contribution in [1.82, 2.24) is 0 Å². The minimum atomic E-state index is -0.361. The number of esters is 1. The summed E-state index contributed by atoms with van der Waals surface area (Å²) in [6.45, 7) is 24.6. The third kappa shape index (κ3) is 9.69. The van der Waals surface area contributed by atoms with Gasteiger partial charge in [0.1, 0.15) is 11.5 Å². The number of ether oxygens (including phenoxy) is 3. The van der Waals surface area contributed by atoms with Crippen LogP contribution in [0.3, 0.4) is 0 Å². The predicted octanol–water partition coefficient (Wildman–Crippen LogP) is 7.98. The number of allylic oxidation sites excluding steroid dienone is 1. The van der Waals surface area contributed by atoms with Gasteiger partial charge < -0.3 is 14.2 Å². The van der Waals surface area contributed by atoms with Crippen molar-refractivity contribution in [2.45, 2.75) is 81.1 Å². The average molecular weight is 549 g/mol. The summed E-state index contributed by atoms with van der Waals surface area (Å²) in [5.74, 6) is 1.83. The van der Waals surface area contributed by atoms with Gasteiger partial charge >= 0.3 is 5.97 Å². The van der Waals surface area contributed by atoms with Crippen LogP contribution >= 0.6 is 0 Å². The van der Waals surface area contributed by atoms with Gasteiger partial charge in [0.2, 0.25) is 0 Å². The molecule has 218 valence electrons. The van der Waals surface area contributed by atoms with E-state index >= 15 is 0 Å². The third-order valence-corrected chi connectivity index (χ3v) is 7.28. The van der Waals surface area contributed by atoms with Gasteiger partial charge in [-0.1, -0.05) is 51.3 Å². The smallest absolute Gasteiger partial charge is 0.333 e. The van der Waals surface area contributed by atoms with Gasteiger partial charge in [0.25, 0.3) is 0 Å². The molecule has 2 aromatic carbocycles. The molecule has 2 unspecified atom stereocenters. The second-order valence-electron chi connectivity index (χ2n) is 11.3. The monoisotopic (exact) mass is 548 g/mol. The van der Waals surface area contributed by atoms with Crippen LogP contribution < -0.4 is 9.47 Å². The first-order chi connectivity index (χ1) is 18.9. The number of ketones is 1. The number of hydrogen-bond donors (Lipinski definition) is 0. The number of hydrogen-bond acceptors (Lipinski definition) is 5. The van der Waals surface area contributed by atoms with E-state index in [9.17, 15) is 9.59 Å². The summed E-state index contributed by atoms with van der Waals surface area (Å²) < 4.78 is 17.8. The van der Waals surface area contributed by atoms with E-state index in [1.165, 1.54) is 11.1 Å². The van der Waals surface area contributed by atoms with Crippen LogP contribution in [-0.4, -0.2) is 31.6 Å². The summed E-state index contributed by atoms with van der Waals surface area (Å²) in [7, 11) is 0. The molecule has 40 heavy (non-hydrogen) atoms. The molecule has 0 bridgehead atoms. The van der Waals surface area contributed by atoms with E-state index in [4.69, 9.17) is 14.2 Å². The first-order valence-electron chi connectivity index (χ1n) is 14.3. The van der Waals surface area contributed by atoms with Crippen LogP contribution in [0.5, 0.6) is 11.5 Å². The molecular formula is C35H48O5. The molecule has 5 heteroatoms. The molecule has 0 fully saturated rings. The predicted molar refractivity (Wildman–Crippen MR) is 163 cm³/mol. The minimum absolute atomic E-state index is 0.107. The normalized spacial score (nSPS) is 12.4. The summed E-state index contributed by atoms with van der Waals surface area (Å²) in [4.78, 5) is 23.8. The quantitative estimate of drug-likeness (QED) is 0.157. The molecule has 0 amide bonds. The maximum absolute atomic E-state index is 12.1. The van der Waals surface area contributed by atoms with Gasteiger partial charge in [0.05, 0.1) is 19.8 Å². The molecule has 0 aromatic heterocycles. The van der Waals surface area contributed by atoms with Gasteiger partial charge in [0, 0.05) is 17.9 Å². The maximum Gasteiger partial charge on any atom is 0.333 e. The number of carbonyl (C=O) groups is 2. The Hall–Kier alpha value is -3.34. The zero-order chi connectivity index (χ0) is 30.0. The SMILES string of the molecule is C=C(C)C(=O)CC(CC)COc1c(C)cc(Cc2cc(C)c(OCC(CC)COC(=O)C(=C)C)c(C)c2)cc1C. The Morgan fingerprint density at radius 3 is 1.50 bits per heavy atom. The van der Waals surface area contributed by atoms with E-state index in [0.29, 0.717) is 37.4 Å². The largest absolute Gasteiger partial charge is 0.493 e. The zero-order valence-corrected chi connectivity index (χ0v) is 25.9. The highest BCUT2D eigenvalue weighted by Crippen LogP contribution is 2.30. The second kappa shape index (κ2) is 15.4. The Morgan fingerprint density at radius 1 is 0.700 bits per heavy atom. The van der Waals surface area contributed by atoms with Gasteiger partial charge in [-0.15, -0.1) is 0 Å². The Morgan fingerprint density at radius 2 is 1.12 bits per heavy atom. The molecule has 0 spiro atoms. The van der Waals surface area contributed by atoms with Crippen LogP contribution in [0, 0.1) is 39.5 Å². The topological polar surface area (TPSA) is 61.8 Å². The van der Waals surface area contributed by atoms with Crippen molar-refractivity contribution in [1.29, 1.82) is 0 Å². The lowest BCUT2D eigenvalue weighted by molar-refractivity contribution is -0.140. The molecule has 0 radical (unpaired) electrons. The Labute approximate surface area is 241 Å². The maximum atomic E-state index is 12.1. The lowest BCUT2D eigenvalue weighted by Gasteiger charge is -2.20. The van der Waals surface area contributed by atoms with E-state index in [1.807, 2.05) is 0 Å². The number of rotatable bonds is 16. The van der Waals surface area contributed by atoms with E-state index in [1.54, 1.807) is 13.8 Å². The molecule has 0 saturated heterocycles. The highest BCUT2D eigenvalue weighted by molar-refractivity contribution is 5.94. The molecule has 0 aliphatic heterocycles. The lowest BCUT2D eigenvalue weighted by Crippen LogP contribution is -2.20. The first-order valence-corrected chi connectivity index (χ1v) is 14.3. The van der Waals surface area contributed by atoms with E-state index in [2.05, 4.69) is 79.0 Å². The van der Waals surface area contributed by atoms with Crippen molar-refractivity contribution in [3.05, 3.63) is 82.0 Å². The Kier molecular flexibility index (Phi) is 12.7. The molecule has 0 heterocycles. The summed E-state index contributed by atoms with van der Waals surface area (Å²) >= 11 is 0. The van der Waals surface area contributed by atoms with E-state index in [-0.39, 0.29) is 23.6 Å². The third-order valence-electron chi connectivity index (χ3n) is 7.28. The van der Waals surface area contributed by atoms with Crippen LogP contribution in [0.4, 0.5) is 0 Å². The molecule has 2 rings (SSSR count). The van der Waals surface area contributed by atoms with Crippen LogP contribution in [0.25, 0.3) is 0 Å². The van der Waals surface area contributed by atoms with Crippen LogP contribution in [-0.2, 0) is 20.7 Å². The average Bonchev–Trinajstić information content (AvgIpc) is 2.88. The van der Waals surface area contributed by atoms with Gasteiger partial charge in [-0.05, 0) is 106 Å². The van der Waals surface area contributed by atoms with Gasteiger partial charge in [-0.2, -0.15) is 0 Å². The highest BCUT2D eigenvalue weighted by atomic mass is 16.5. The number of carbonyl (C=O) groups excluding carboxylic acids is 2. The standard InChI is InChI=1S/C35H48O5/c1-11-28(18-32(36)22(3)4)19-38-33-24(7)13-30(14-25(33)8)17-31-15-26(9)34(27(10)16-31)39-20-29(12-2)21-40-35(37)23(5)6/h13-16,28-29H,3,5,11-12,17-21H2,1-2,4,6-10H3. The van der Waals surface area contributed by atoms with Gasteiger partial charge in [-0.25, -0.2) is 4.79 Å². The first kappa shape index (κ1) is 32.9. The van der Waals surface area contributed by atoms with Crippen molar-refractivity contribution in [2.75, 3.05) is 19.8 Å². The lowest BCUT2D eigenvalue weighted by atomic mass is 9.96. The molecule has 0 saturated carbocycles. The second-order valence-corrected chi connectivity index (χ2v) is 11.3. The highest BCUT2D eigenvalue weighted by Gasteiger charge is 2.17. The molecule has 2 atom stereocenters. The van der Waals surface area contributed by atoms with Crippen LogP contribution in [0.1, 0.15) is 80.3 Å². The van der Waals surface area contributed by atoms with Crippen LogP contribution in [0.2, 0.25) is 0 Å². The minimum Gasteiger partial charge on any atom is -0.493 e. The van der Waals surface area contributed by atoms with Crippen molar-refractivity contribution in [2.24, 2.45) is 11.8 Å². The molecule has 0 aliphatic rings. The Balaban J connectivity index is 2.06. The van der Waals surface area contributed by atoms with Crippen molar-refractivity contribution < 1.29 is 23.8 Å². The van der Waals surface area contributed by atoms with Gasteiger partial charge in [0.15, 0.2) is 5.78 Å². The van der Waals surface area contributed by atoms with Crippen molar-refractivity contribution in [3.8, 4) is 11.5 Å². The molecule has 0 aliphatic carbocycles. The fraction of sp³-hybridized carbons (Fsp3) is 0.486. The zero-order valence-electron chi connectivity index (χ0n) is 25.9.